The number of hydrogen-bond donors (Lipinski definition) is 0. The van der Waals surface area contributed by atoms with Gasteiger partial charge in [0.1, 0.15) is 5.75 Å². The fraction of sp³-hybridized carbons (Fsp3) is 0.188. The van der Waals surface area contributed by atoms with E-state index in [1.165, 1.54) is 16.7 Å². The average Bonchev–Trinajstić information content (AvgIpc) is 2.89. The van der Waals surface area contributed by atoms with E-state index in [2.05, 4.69) is 55.5 Å². The molecule has 4 aromatic rings. The van der Waals surface area contributed by atoms with Crippen molar-refractivity contribution >= 4 is 17.2 Å². The summed E-state index contributed by atoms with van der Waals surface area (Å²) in [6, 6.07) is 35.1. The van der Waals surface area contributed by atoms with Crippen LogP contribution < -0.4 is 4.74 Å². The molecule has 0 aliphatic heterocycles. The Hall–Kier alpha value is -3.98. The predicted octanol–water partition coefficient (Wildman–Crippen LogP) is 7.13. The molecule has 0 heterocycles. The molecule has 4 unspecified atom stereocenters. The number of ether oxygens (including phenoxy) is 1. The number of aliphatic imine (C=N–C) groups is 1. The van der Waals surface area contributed by atoms with Gasteiger partial charge >= 0.3 is 0 Å². The fourth-order valence-corrected chi connectivity index (χ4v) is 5.92. The maximum absolute atomic E-state index is 13.9. The van der Waals surface area contributed by atoms with Gasteiger partial charge in [0.2, 0.25) is 0 Å². The Morgan fingerprint density at radius 1 is 0.629 bits per heavy atom. The quantitative estimate of drug-likeness (QED) is 0.327. The van der Waals surface area contributed by atoms with Crippen LogP contribution in [0.3, 0.4) is 0 Å². The lowest BCUT2D eigenvalue weighted by molar-refractivity contribution is 0.0678. The van der Waals surface area contributed by atoms with E-state index in [-0.39, 0.29) is 29.5 Å². The Morgan fingerprint density at radius 2 is 1.23 bits per heavy atom. The van der Waals surface area contributed by atoms with E-state index in [4.69, 9.17) is 9.73 Å². The van der Waals surface area contributed by atoms with Gasteiger partial charge in [0, 0.05) is 34.8 Å². The van der Waals surface area contributed by atoms with Crippen molar-refractivity contribution in [3.05, 3.63) is 131 Å². The van der Waals surface area contributed by atoms with Gasteiger partial charge in [0.15, 0.2) is 5.78 Å². The number of carbonyl (C=O) groups is 1. The van der Waals surface area contributed by atoms with Gasteiger partial charge in [-0.1, -0.05) is 84.4 Å². The molecular formula is C32H27NO2. The molecule has 0 spiro atoms. The Balaban J connectivity index is 1.54. The summed E-state index contributed by atoms with van der Waals surface area (Å²) in [6.07, 6.45) is 0. The molecule has 0 aromatic heterocycles. The molecule has 0 N–H and O–H groups in total. The third-order valence-electron chi connectivity index (χ3n) is 7.60. The predicted molar refractivity (Wildman–Crippen MR) is 140 cm³/mol. The smallest absolute Gasteiger partial charge is 0.167 e. The lowest BCUT2D eigenvalue weighted by Gasteiger charge is -2.54. The first-order chi connectivity index (χ1) is 17.2. The van der Waals surface area contributed by atoms with Crippen LogP contribution in [-0.4, -0.2) is 18.6 Å². The molecule has 4 aromatic carbocycles. The van der Waals surface area contributed by atoms with Crippen molar-refractivity contribution in [2.75, 3.05) is 7.11 Å². The fourth-order valence-electron chi connectivity index (χ4n) is 5.92. The van der Waals surface area contributed by atoms with Crippen LogP contribution in [0.25, 0.3) is 0 Å². The van der Waals surface area contributed by atoms with Crippen LogP contribution in [-0.2, 0) is 0 Å². The van der Waals surface area contributed by atoms with Crippen molar-refractivity contribution in [1.29, 1.82) is 0 Å². The van der Waals surface area contributed by atoms with Gasteiger partial charge in [-0.05, 0) is 42.3 Å². The van der Waals surface area contributed by atoms with Crippen molar-refractivity contribution in [3.63, 3.8) is 0 Å². The first kappa shape index (κ1) is 21.5. The number of aryl methyl sites for hydroxylation is 1. The van der Waals surface area contributed by atoms with Crippen molar-refractivity contribution in [2.24, 2.45) is 16.8 Å². The summed E-state index contributed by atoms with van der Waals surface area (Å²) < 4.78 is 5.33. The van der Waals surface area contributed by atoms with Crippen LogP contribution >= 0.6 is 0 Å². The minimum atomic E-state index is -0.130. The standard InChI is InChI=1S/C32H27NO2/c1-20-12-14-22(15-13-20)28-27(21-8-4-3-5-9-21)29-30(28)32(34)26-11-7-6-10-25(26)31(29)33-23-16-18-24(35-2)19-17-23/h3-19,27-30H,1-2H3. The number of Topliss-reactive ketones (excluding diaryl/α,β-unsaturated/α-hetero) is 1. The van der Waals surface area contributed by atoms with Gasteiger partial charge < -0.3 is 4.74 Å². The van der Waals surface area contributed by atoms with Crippen LogP contribution in [0.15, 0.2) is 108 Å². The molecular weight excluding hydrogens is 430 g/mol. The van der Waals surface area contributed by atoms with Crippen LogP contribution in [0.4, 0.5) is 5.69 Å². The lowest BCUT2D eigenvalue weighted by Crippen LogP contribution is -2.54. The largest absolute Gasteiger partial charge is 0.497 e. The monoisotopic (exact) mass is 457 g/mol. The highest BCUT2D eigenvalue weighted by Crippen LogP contribution is 2.61. The topological polar surface area (TPSA) is 38.7 Å². The molecule has 0 saturated heterocycles. The maximum Gasteiger partial charge on any atom is 0.167 e. The molecule has 172 valence electrons. The summed E-state index contributed by atoms with van der Waals surface area (Å²) in [5, 5.41) is 0. The first-order valence-corrected chi connectivity index (χ1v) is 12.1. The summed E-state index contributed by atoms with van der Waals surface area (Å²) in [4.78, 5) is 19.1. The van der Waals surface area contributed by atoms with E-state index in [0.29, 0.717) is 0 Å². The van der Waals surface area contributed by atoms with Crippen LogP contribution in [0.5, 0.6) is 5.75 Å². The van der Waals surface area contributed by atoms with Crippen molar-refractivity contribution < 1.29 is 9.53 Å². The van der Waals surface area contributed by atoms with E-state index < -0.39 is 0 Å². The van der Waals surface area contributed by atoms with E-state index >= 15 is 0 Å². The summed E-state index contributed by atoms with van der Waals surface area (Å²) in [6.45, 7) is 2.10. The number of ketones is 1. The molecule has 1 fully saturated rings. The summed E-state index contributed by atoms with van der Waals surface area (Å²) in [7, 11) is 1.67. The van der Waals surface area contributed by atoms with Gasteiger partial charge in [0.05, 0.1) is 18.5 Å². The summed E-state index contributed by atoms with van der Waals surface area (Å²) >= 11 is 0. The average molecular weight is 458 g/mol. The minimum absolute atomic E-state index is 0.0215. The zero-order valence-corrected chi connectivity index (χ0v) is 19.9. The molecule has 4 atom stereocenters. The van der Waals surface area contributed by atoms with Gasteiger partial charge in [-0.2, -0.15) is 0 Å². The van der Waals surface area contributed by atoms with Crippen molar-refractivity contribution in [1.82, 2.24) is 0 Å². The van der Waals surface area contributed by atoms with Crippen LogP contribution in [0.1, 0.15) is 44.4 Å². The first-order valence-electron chi connectivity index (χ1n) is 12.1. The molecule has 3 heteroatoms. The van der Waals surface area contributed by atoms with Crippen molar-refractivity contribution in [3.8, 4) is 5.75 Å². The highest BCUT2D eigenvalue weighted by Gasteiger charge is 2.59. The number of fused-ring (bicyclic) bond motifs is 2. The van der Waals surface area contributed by atoms with Gasteiger partial charge in [-0.15, -0.1) is 0 Å². The Morgan fingerprint density at radius 3 is 1.91 bits per heavy atom. The molecule has 0 bridgehead atoms. The number of methoxy groups -OCH3 is 1. The van der Waals surface area contributed by atoms with E-state index in [1.54, 1.807) is 7.11 Å². The number of benzene rings is 4. The number of carbonyl (C=O) groups excluding carboxylic acids is 1. The van der Waals surface area contributed by atoms with Crippen LogP contribution in [0, 0.1) is 18.8 Å². The summed E-state index contributed by atoms with van der Waals surface area (Å²) in [5.74, 6) is 1.22. The van der Waals surface area contributed by atoms with Gasteiger partial charge in [0.25, 0.3) is 0 Å². The molecule has 0 amide bonds. The third-order valence-corrected chi connectivity index (χ3v) is 7.60. The van der Waals surface area contributed by atoms with E-state index in [1.807, 2.05) is 54.6 Å². The zero-order chi connectivity index (χ0) is 23.9. The third kappa shape index (κ3) is 3.59. The molecule has 3 nitrogen and oxygen atoms in total. The second-order valence-electron chi connectivity index (χ2n) is 9.53. The summed E-state index contributed by atoms with van der Waals surface area (Å²) in [5.41, 5.74) is 7.32. The van der Waals surface area contributed by atoms with Crippen molar-refractivity contribution in [2.45, 2.75) is 18.8 Å². The second-order valence-corrected chi connectivity index (χ2v) is 9.53. The van der Waals surface area contributed by atoms with Gasteiger partial charge in [-0.25, -0.2) is 0 Å². The highest BCUT2D eigenvalue weighted by atomic mass is 16.5. The molecule has 2 aliphatic carbocycles. The SMILES string of the molecule is COc1ccc(N=C2c3ccccc3C(=O)C3C2C(c2ccccc2)C3c2ccc(C)cc2)cc1. The molecule has 35 heavy (non-hydrogen) atoms. The number of hydrogen-bond acceptors (Lipinski definition) is 3. The van der Waals surface area contributed by atoms with Gasteiger partial charge in [-0.3, -0.25) is 9.79 Å². The normalized spacial score (nSPS) is 23.8. The second kappa shape index (κ2) is 8.66. The molecule has 1 saturated carbocycles. The Bertz CT molecular complexity index is 1400. The molecule has 6 rings (SSSR count). The molecule has 0 radical (unpaired) electrons. The Kier molecular flexibility index (Phi) is 5.33. The molecule has 2 aliphatic rings. The zero-order valence-electron chi connectivity index (χ0n) is 19.9. The number of nitrogens with zero attached hydrogens (tertiary/aromatic N) is 1. The minimum Gasteiger partial charge on any atom is -0.497 e. The highest BCUT2D eigenvalue weighted by molar-refractivity contribution is 6.20. The van der Waals surface area contributed by atoms with E-state index in [0.717, 1.165) is 28.3 Å². The lowest BCUT2D eigenvalue weighted by atomic mass is 9.47. The number of rotatable bonds is 4. The van der Waals surface area contributed by atoms with E-state index in [9.17, 15) is 4.79 Å². The Labute approximate surface area is 206 Å². The van der Waals surface area contributed by atoms with Crippen LogP contribution in [0.2, 0.25) is 0 Å². The maximum atomic E-state index is 13.9.